The average Bonchev–Trinajstić information content (AvgIpc) is 2.99. The second-order valence-electron chi connectivity index (χ2n) is 6.35. The van der Waals surface area contributed by atoms with E-state index < -0.39 is 12.1 Å². The molecule has 0 amide bonds. The topological polar surface area (TPSA) is 42.7 Å². The van der Waals surface area contributed by atoms with E-state index in [1.165, 1.54) is 0 Å². The summed E-state index contributed by atoms with van der Waals surface area (Å²) in [4.78, 5) is 8.56. The number of nitrogens with one attached hydrogen (secondary N) is 1. The molecule has 24 heavy (non-hydrogen) atoms. The van der Waals surface area contributed by atoms with Crippen molar-refractivity contribution in [2.24, 2.45) is 5.92 Å². The molecule has 7 heteroatoms. The van der Waals surface area contributed by atoms with Gasteiger partial charge in [-0.3, -0.25) is 4.57 Å². The Balaban J connectivity index is 1.56. The highest BCUT2D eigenvalue weighted by atomic mass is 19.4. The van der Waals surface area contributed by atoms with Crippen LogP contribution in [0.15, 0.2) is 30.7 Å². The van der Waals surface area contributed by atoms with Gasteiger partial charge in [0.15, 0.2) is 0 Å². The van der Waals surface area contributed by atoms with Gasteiger partial charge < -0.3 is 5.32 Å². The van der Waals surface area contributed by atoms with E-state index in [2.05, 4.69) is 15.3 Å². The minimum absolute atomic E-state index is 0.0825. The molecule has 0 radical (unpaired) electrons. The molecule has 2 atom stereocenters. The summed E-state index contributed by atoms with van der Waals surface area (Å²) in [6, 6.07) is 3.75. The van der Waals surface area contributed by atoms with Crippen molar-refractivity contribution in [2.75, 3.05) is 0 Å². The highest BCUT2D eigenvalue weighted by Crippen LogP contribution is 2.37. The maximum absolute atomic E-state index is 12.8. The second-order valence-corrected chi connectivity index (χ2v) is 6.35. The van der Waals surface area contributed by atoms with Crippen LogP contribution in [0.25, 0.3) is 5.82 Å². The molecule has 4 nitrogen and oxygen atoms in total. The standard InChI is InChI=1S/C17H21F3N4/c1-12-21-7-8-24(12)16-6-5-13(11-23-16)10-22-15-4-2-3-14(9-15)17(18,19)20/h5-8,11,14-15,22H,2-4,9-10H2,1H3/t14-,15-/m1/s1. The fourth-order valence-corrected chi connectivity index (χ4v) is 3.22. The van der Waals surface area contributed by atoms with Crippen molar-refractivity contribution in [1.29, 1.82) is 0 Å². The SMILES string of the molecule is Cc1nccn1-c1ccc(CN[C@@H]2CCC[C@@H](C(F)(F)F)C2)cn1. The largest absolute Gasteiger partial charge is 0.391 e. The van der Waals surface area contributed by atoms with E-state index >= 15 is 0 Å². The van der Waals surface area contributed by atoms with Crippen molar-refractivity contribution in [3.8, 4) is 5.82 Å². The molecule has 1 aliphatic rings. The Morgan fingerprint density at radius 2 is 2.08 bits per heavy atom. The summed E-state index contributed by atoms with van der Waals surface area (Å²) in [7, 11) is 0. The molecular weight excluding hydrogens is 317 g/mol. The number of nitrogens with zero attached hydrogens (tertiary/aromatic N) is 3. The molecular formula is C17H21F3N4. The Bertz CT molecular complexity index is 663. The van der Waals surface area contributed by atoms with Crippen LogP contribution >= 0.6 is 0 Å². The van der Waals surface area contributed by atoms with Crippen LogP contribution in [0.1, 0.15) is 37.1 Å². The molecule has 0 unspecified atom stereocenters. The van der Waals surface area contributed by atoms with Crippen LogP contribution in [0.4, 0.5) is 13.2 Å². The van der Waals surface area contributed by atoms with Gasteiger partial charge in [-0.2, -0.15) is 13.2 Å². The molecule has 1 fully saturated rings. The minimum atomic E-state index is -4.08. The smallest absolute Gasteiger partial charge is 0.310 e. The van der Waals surface area contributed by atoms with Crippen LogP contribution < -0.4 is 5.32 Å². The maximum atomic E-state index is 12.8. The zero-order chi connectivity index (χ0) is 17.2. The van der Waals surface area contributed by atoms with Crippen molar-refractivity contribution in [2.45, 2.75) is 51.4 Å². The number of hydrogen-bond donors (Lipinski definition) is 1. The number of imidazole rings is 1. The molecule has 2 aromatic heterocycles. The lowest BCUT2D eigenvalue weighted by atomic mass is 9.85. The van der Waals surface area contributed by atoms with Gasteiger partial charge in [0.2, 0.25) is 0 Å². The Labute approximate surface area is 139 Å². The summed E-state index contributed by atoms with van der Waals surface area (Å²) in [5.41, 5.74) is 0.964. The van der Waals surface area contributed by atoms with E-state index in [1.807, 2.05) is 29.8 Å². The first-order valence-corrected chi connectivity index (χ1v) is 8.19. The third-order valence-electron chi connectivity index (χ3n) is 4.61. The van der Waals surface area contributed by atoms with E-state index in [0.29, 0.717) is 13.0 Å². The molecule has 1 saturated carbocycles. The zero-order valence-electron chi connectivity index (χ0n) is 13.6. The van der Waals surface area contributed by atoms with Crippen LogP contribution in [-0.4, -0.2) is 26.8 Å². The summed E-state index contributed by atoms with van der Waals surface area (Å²) in [5, 5.41) is 3.25. The molecule has 0 spiro atoms. The normalized spacial score (nSPS) is 21.8. The molecule has 1 N–H and O–H groups in total. The van der Waals surface area contributed by atoms with Gasteiger partial charge in [0, 0.05) is 31.2 Å². The Kier molecular flexibility index (Phi) is 4.89. The zero-order valence-corrected chi connectivity index (χ0v) is 13.6. The van der Waals surface area contributed by atoms with Crippen LogP contribution in [0, 0.1) is 12.8 Å². The molecule has 130 valence electrons. The van der Waals surface area contributed by atoms with Gasteiger partial charge in [-0.25, -0.2) is 9.97 Å². The van der Waals surface area contributed by atoms with Crippen molar-refractivity contribution in [3.05, 3.63) is 42.1 Å². The van der Waals surface area contributed by atoms with Gasteiger partial charge in [-0.05, 0) is 37.8 Å². The summed E-state index contributed by atoms with van der Waals surface area (Å²) < 4.78 is 40.4. The predicted molar refractivity (Wildman–Crippen MR) is 84.7 cm³/mol. The second kappa shape index (κ2) is 6.93. The monoisotopic (exact) mass is 338 g/mol. The van der Waals surface area contributed by atoms with Crippen LogP contribution in [0.2, 0.25) is 0 Å². The number of rotatable bonds is 4. The van der Waals surface area contributed by atoms with E-state index in [9.17, 15) is 13.2 Å². The van der Waals surface area contributed by atoms with Crippen molar-refractivity contribution in [3.63, 3.8) is 0 Å². The fraction of sp³-hybridized carbons (Fsp3) is 0.529. The molecule has 0 saturated heterocycles. The maximum Gasteiger partial charge on any atom is 0.391 e. The Hall–Kier alpha value is -1.89. The van der Waals surface area contributed by atoms with Gasteiger partial charge >= 0.3 is 6.18 Å². The number of aryl methyl sites for hydroxylation is 1. The van der Waals surface area contributed by atoms with Gasteiger partial charge in [0.25, 0.3) is 0 Å². The highest BCUT2D eigenvalue weighted by molar-refractivity contribution is 5.27. The molecule has 3 rings (SSSR count). The van der Waals surface area contributed by atoms with Crippen molar-refractivity contribution < 1.29 is 13.2 Å². The summed E-state index contributed by atoms with van der Waals surface area (Å²) in [6.07, 6.45) is 3.08. The number of alkyl halides is 3. The van der Waals surface area contributed by atoms with E-state index in [1.54, 1.807) is 12.4 Å². The number of halogens is 3. The Morgan fingerprint density at radius 3 is 2.71 bits per heavy atom. The minimum Gasteiger partial charge on any atom is -0.310 e. The summed E-state index contributed by atoms with van der Waals surface area (Å²) in [6.45, 7) is 2.43. The fourth-order valence-electron chi connectivity index (χ4n) is 3.22. The first-order chi connectivity index (χ1) is 11.4. The highest BCUT2D eigenvalue weighted by Gasteiger charge is 2.41. The van der Waals surface area contributed by atoms with Crippen LogP contribution in [-0.2, 0) is 6.54 Å². The summed E-state index contributed by atoms with van der Waals surface area (Å²) in [5.74, 6) is 0.464. The molecule has 2 heterocycles. The van der Waals surface area contributed by atoms with E-state index in [4.69, 9.17) is 0 Å². The first-order valence-electron chi connectivity index (χ1n) is 8.19. The van der Waals surface area contributed by atoms with E-state index in [-0.39, 0.29) is 18.9 Å². The van der Waals surface area contributed by atoms with Crippen molar-refractivity contribution >= 4 is 0 Å². The molecule has 0 aliphatic heterocycles. The molecule has 1 aliphatic carbocycles. The third-order valence-corrected chi connectivity index (χ3v) is 4.61. The van der Waals surface area contributed by atoms with Gasteiger partial charge in [0.05, 0.1) is 5.92 Å². The van der Waals surface area contributed by atoms with Gasteiger partial charge in [-0.15, -0.1) is 0 Å². The lowest BCUT2D eigenvalue weighted by Crippen LogP contribution is -2.38. The van der Waals surface area contributed by atoms with Crippen LogP contribution in [0.5, 0.6) is 0 Å². The first kappa shape index (κ1) is 17.0. The molecule has 0 bridgehead atoms. The molecule has 0 aromatic carbocycles. The lowest BCUT2D eigenvalue weighted by molar-refractivity contribution is -0.183. The van der Waals surface area contributed by atoms with Gasteiger partial charge in [-0.1, -0.05) is 12.5 Å². The van der Waals surface area contributed by atoms with Crippen molar-refractivity contribution in [1.82, 2.24) is 19.9 Å². The number of aromatic nitrogens is 3. The summed E-state index contributed by atoms with van der Waals surface area (Å²) >= 11 is 0. The van der Waals surface area contributed by atoms with Gasteiger partial charge in [0.1, 0.15) is 11.6 Å². The van der Waals surface area contributed by atoms with Crippen LogP contribution in [0.3, 0.4) is 0 Å². The lowest BCUT2D eigenvalue weighted by Gasteiger charge is -2.31. The average molecular weight is 338 g/mol. The number of pyridine rings is 1. The quantitative estimate of drug-likeness (QED) is 0.922. The molecule has 2 aromatic rings. The number of hydrogen-bond acceptors (Lipinski definition) is 3. The van der Waals surface area contributed by atoms with E-state index in [0.717, 1.165) is 23.6 Å². The predicted octanol–water partition coefficient (Wildman–Crippen LogP) is 3.79. The third kappa shape index (κ3) is 3.95. The Morgan fingerprint density at radius 1 is 1.25 bits per heavy atom.